The molecule has 0 saturated carbocycles. The van der Waals surface area contributed by atoms with E-state index in [0.717, 1.165) is 6.32 Å². The summed E-state index contributed by atoms with van der Waals surface area (Å²) in [5.74, 6) is 0.660. The van der Waals surface area contributed by atoms with E-state index in [1.807, 2.05) is 7.17 Å². The van der Waals surface area contributed by atoms with Gasteiger partial charge in [0, 0.05) is 40.2 Å². The standard InChI is InChI=1S/C2H4B3Cl.Rh/c3-5-4-1-2-6;/h1-2H2;. The summed E-state index contributed by atoms with van der Waals surface area (Å²) in [6.45, 7) is 0. The molecule has 0 nitrogen and oxygen atoms in total. The second-order valence-electron chi connectivity index (χ2n) is 0.906. The second kappa shape index (κ2) is 10.2. The zero-order valence-electron chi connectivity index (χ0n) is 3.86. The van der Waals surface area contributed by atoms with Gasteiger partial charge in [-0.15, -0.1) is 11.6 Å². The molecule has 0 amide bonds. The number of hydrogen-bond donors (Lipinski definition) is 0. The van der Waals surface area contributed by atoms with E-state index < -0.39 is 0 Å². The molecule has 0 aliphatic heterocycles. The molecule has 0 aliphatic rings. The maximum Gasteiger partial charge on any atom is 0.0560 e. The van der Waals surface area contributed by atoms with Crippen LogP contribution in [0.15, 0.2) is 0 Å². The Hall–Kier alpha value is 1.11. The molecule has 0 aromatic rings. The third-order valence-electron chi connectivity index (χ3n) is 0.412. The second-order valence-corrected chi connectivity index (χ2v) is 1.28. The van der Waals surface area contributed by atoms with E-state index in [0.29, 0.717) is 5.88 Å². The summed E-state index contributed by atoms with van der Waals surface area (Å²) in [7, 11) is 8.30. The molecule has 0 spiro atoms. The van der Waals surface area contributed by atoms with Crippen LogP contribution in [0.5, 0.6) is 0 Å². The molecular weight excluding hydrogens is 195 g/mol. The predicted octanol–water partition coefficient (Wildman–Crippen LogP) is 0.0479. The van der Waals surface area contributed by atoms with Crippen molar-refractivity contribution in [2.45, 2.75) is 6.32 Å². The molecule has 0 N–H and O–H groups in total. The number of rotatable bonds is 3. The van der Waals surface area contributed by atoms with Gasteiger partial charge < -0.3 is 0 Å². The minimum absolute atomic E-state index is 0. The van der Waals surface area contributed by atoms with Crippen LogP contribution in [0.25, 0.3) is 0 Å². The molecular formula is C2H4B3ClRh. The predicted molar refractivity (Wildman–Crippen MR) is 32.8 cm³/mol. The third kappa shape index (κ3) is 11.0. The summed E-state index contributed by atoms with van der Waals surface area (Å²) in [6, 6.07) is 0. The first-order valence-corrected chi connectivity index (χ1v) is 2.38. The van der Waals surface area contributed by atoms with Crippen molar-refractivity contribution in [2.75, 3.05) is 5.88 Å². The van der Waals surface area contributed by atoms with Crippen molar-refractivity contribution in [2.24, 2.45) is 0 Å². The van der Waals surface area contributed by atoms with Gasteiger partial charge in [-0.1, -0.05) is 6.32 Å². The zero-order valence-corrected chi connectivity index (χ0v) is 6.25. The Morgan fingerprint density at radius 2 is 2.14 bits per heavy atom. The van der Waals surface area contributed by atoms with Gasteiger partial charge in [0.2, 0.25) is 0 Å². The van der Waals surface area contributed by atoms with Gasteiger partial charge in [0.25, 0.3) is 0 Å². The quantitative estimate of drug-likeness (QED) is 0.342. The van der Waals surface area contributed by atoms with Crippen LogP contribution in [0.4, 0.5) is 0 Å². The fourth-order valence-electron chi connectivity index (χ4n) is 0.159. The summed E-state index contributed by atoms with van der Waals surface area (Å²) < 4.78 is 0. The van der Waals surface area contributed by atoms with Crippen LogP contribution in [-0.2, 0) is 19.5 Å². The van der Waals surface area contributed by atoms with Crippen molar-refractivity contribution in [3.05, 3.63) is 0 Å². The Bertz CT molecular complexity index is 24.9. The van der Waals surface area contributed by atoms with E-state index in [1.54, 1.807) is 0 Å². The zero-order chi connectivity index (χ0) is 4.83. The number of halogens is 1. The van der Waals surface area contributed by atoms with E-state index in [1.165, 1.54) is 7.06 Å². The van der Waals surface area contributed by atoms with Crippen molar-refractivity contribution < 1.29 is 19.5 Å². The Labute approximate surface area is 65.4 Å². The minimum atomic E-state index is 0. The number of hydrogen-bond acceptors (Lipinski definition) is 0. The SMILES string of the molecule is [B][B][B]CCCl.[Rh]. The Balaban J connectivity index is 0. The maximum absolute atomic E-state index is 5.27. The normalized spacial score (nSPS) is 6.43. The molecule has 0 aliphatic carbocycles. The Morgan fingerprint density at radius 1 is 1.57 bits per heavy atom. The molecule has 0 fully saturated rings. The van der Waals surface area contributed by atoms with E-state index in [4.69, 9.17) is 19.3 Å². The molecule has 0 heterocycles. The third-order valence-corrected chi connectivity index (χ3v) is 0.630. The molecule has 0 rings (SSSR count). The summed E-state index contributed by atoms with van der Waals surface area (Å²) in [6.07, 6.45) is 0.873. The molecule has 7 heavy (non-hydrogen) atoms. The van der Waals surface area contributed by atoms with E-state index in [9.17, 15) is 0 Å². The first-order valence-electron chi connectivity index (χ1n) is 1.84. The van der Waals surface area contributed by atoms with Crippen molar-refractivity contribution in [3.63, 3.8) is 0 Å². The maximum atomic E-state index is 5.27. The van der Waals surface area contributed by atoms with Gasteiger partial charge >= 0.3 is 0 Å². The van der Waals surface area contributed by atoms with Crippen LogP contribution < -0.4 is 0 Å². The van der Waals surface area contributed by atoms with Crippen LogP contribution >= 0.6 is 11.6 Å². The number of alkyl halides is 1. The monoisotopic (exact) mass is 199 g/mol. The van der Waals surface area contributed by atoms with Crippen molar-refractivity contribution in [1.82, 2.24) is 0 Å². The average molecular weight is 199 g/mol. The smallest absolute Gasteiger partial charge is 0.0560 e. The van der Waals surface area contributed by atoms with Gasteiger partial charge in [-0.05, 0) is 0 Å². The van der Waals surface area contributed by atoms with Gasteiger partial charge in [0.15, 0.2) is 0 Å². The van der Waals surface area contributed by atoms with Crippen LogP contribution in [0, 0.1) is 0 Å². The van der Waals surface area contributed by atoms with Crippen LogP contribution in [0.2, 0.25) is 6.32 Å². The summed E-state index contributed by atoms with van der Waals surface area (Å²) in [5, 5.41) is 0. The molecule has 0 unspecified atom stereocenters. The molecule has 5 radical (unpaired) electrons. The molecule has 0 aromatic heterocycles. The molecule has 0 aromatic carbocycles. The summed E-state index contributed by atoms with van der Waals surface area (Å²) >= 11 is 5.27. The fraction of sp³-hybridized carbons (Fsp3) is 1.00. The molecule has 37 valence electrons. The fourth-order valence-corrected chi connectivity index (χ4v) is 0.285. The van der Waals surface area contributed by atoms with Crippen LogP contribution in [0.3, 0.4) is 0 Å². The topological polar surface area (TPSA) is 0 Å². The van der Waals surface area contributed by atoms with E-state index >= 15 is 0 Å². The van der Waals surface area contributed by atoms with Gasteiger partial charge in [0.05, 0.1) is 7.17 Å². The minimum Gasteiger partial charge on any atom is -0.128 e. The van der Waals surface area contributed by atoms with Crippen molar-refractivity contribution in [3.8, 4) is 0 Å². The summed E-state index contributed by atoms with van der Waals surface area (Å²) in [5.41, 5.74) is 0. The first kappa shape index (κ1) is 11.0. The van der Waals surface area contributed by atoms with Crippen LogP contribution in [0.1, 0.15) is 0 Å². The van der Waals surface area contributed by atoms with Crippen molar-refractivity contribution in [1.29, 1.82) is 0 Å². The first-order chi connectivity index (χ1) is 2.91. The Morgan fingerprint density at radius 3 is 2.29 bits per heavy atom. The van der Waals surface area contributed by atoms with Gasteiger partial charge in [-0.25, -0.2) is 0 Å². The van der Waals surface area contributed by atoms with Gasteiger partial charge in [0.1, 0.15) is 0 Å². The average Bonchev–Trinajstić information content (AvgIpc) is 1.61. The molecule has 0 atom stereocenters. The molecule has 0 saturated heterocycles. The largest absolute Gasteiger partial charge is 0.128 e. The summed E-state index contributed by atoms with van der Waals surface area (Å²) in [4.78, 5) is 0. The van der Waals surface area contributed by atoms with E-state index in [2.05, 4.69) is 0 Å². The molecule has 0 bridgehead atoms. The Kier molecular flexibility index (Phi) is 15.9. The van der Waals surface area contributed by atoms with Gasteiger partial charge in [-0.2, -0.15) is 0 Å². The van der Waals surface area contributed by atoms with Crippen molar-refractivity contribution >= 4 is 33.6 Å². The van der Waals surface area contributed by atoms with Gasteiger partial charge in [-0.3, -0.25) is 0 Å². The van der Waals surface area contributed by atoms with E-state index in [-0.39, 0.29) is 19.5 Å². The van der Waals surface area contributed by atoms with Crippen LogP contribution in [-0.4, -0.2) is 27.8 Å². The molecule has 5 heteroatoms.